The smallest absolute Gasteiger partial charge is 0.340 e. The standard InChI is InChI=1S/C24H22ClF4N5O2/c1-14-32-21(34-36-14)11-23(20-7-6-17(25)12-30-20,13-31-22(35)33-19-4-2-3-5-19)15-8-16(24(27,28)29)10-18(26)9-15/h6-10,12-13,19H,2-5,11H2,1H3,(H,33,35)/t23-/m1/s1. The number of nitrogens with one attached hydrogen (secondary N) is 1. The summed E-state index contributed by atoms with van der Waals surface area (Å²) >= 11 is 6.00. The highest BCUT2D eigenvalue weighted by atomic mass is 35.5. The van der Waals surface area contributed by atoms with Gasteiger partial charge in [-0.2, -0.15) is 18.2 Å². The van der Waals surface area contributed by atoms with Gasteiger partial charge in [0.1, 0.15) is 5.82 Å². The first-order valence-electron chi connectivity index (χ1n) is 11.2. The normalized spacial score (nSPS) is 16.4. The van der Waals surface area contributed by atoms with Gasteiger partial charge in [0, 0.05) is 31.8 Å². The lowest BCUT2D eigenvalue weighted by Crippen LogP contribution is -2.36. The van der Waals surface area contributed by atoms with Crippen molar-refractivity contribution < 1.29 is 26.9 Å². The number of aliphatic imine (C=N–C) groups is 1. The van der Waals surface area contributed by atoms with Crippen LogP contribution in [0, 0.1) is 12.7 Å². The zero-order valence-corrected chi connectivity index (χ0v) is 19.9. The third-order valence-corrected chi connectivity index (χ3v) is 6.24. The van der Waals surface area contributed by atoms with E-state index in [1.54, 1.807) is 6.92 Å². The average molecular weight is 524 g/mol. The van der Waals surface area contributed by atoms with Crippen molar-refractivity contribution in [3.63, 3.8) is 0 Å². The van der Waals surface area contributed by atoms with Gasteiger partial charge in [0.15, 0.2) is 5.82 Å². The van der Waals surface area contributed by atoms with Crippen molar-refractivity contribution in [1.29, 1.82) is 0 Å². The van der Waals surface area contributed by atoms with E-state index < -0.39 is 29.0 Å². The summed E-state index contributed by atoms with van der Waals surface area (Å²) in [6.07, 6.45) is 0.994. The lowest BCUT2D eigenvalue weighted by molar-refractivity contribution is -0.137. The molecule has 4 rings (SSSR count). The molecule has 0 bridgehead atoms. The van der Waals surface area contributed by atoms with Gasteiger partial charge in [-0.15, -0.1) is 0 Å². The van der Waals surface area contributed by atoms with Crippen LogP contribution >= 0.6 is 11.6 Å². The van der Waals surface area contributed by atoms with Gasteiger partial charge in [-0.05, 0) is 48.7 Å². The minimum absolute atomic E-state index is 0.0384. The molecule has 190 valence electrons. The molecular formula is C24H22ClF4N5O2. The quantitative estimate of drug-likeness (QED) is 0.324. The van der Waals surface area contributed by atoms with Gasteiger partial charge in [0.2, 0.25) is 5.89 Å². The Labute approximate surface area is 209 Å². The average Bonchev–Trinajstić information content (AvgIpc) is 3.47. The summed E-state index contributed by atoms with van der Waals surface area (Å²) in [5.74, 6) is -0.801. The minimum Gasteiger partial charge on any atom is -0.340 e. The lowest BCUT2D eigenvalue weighted by atomic mass is 9.74. The molecular weight excluding hydrogens is 502 g/mol. The molecule has 0 radical (unpaired) electrons. The van der Waals surface area contributed by atoms with Crippen molar-refractivity contribution in [1.82, 2.24) is 20.4 Å². The lowest BCUT2D eigenvalue weighted by Gasteiger charge is -2.30. The third kappa shape index (κ3) is 5.89. The molecule has 3 aromatic rings. The van der Waals surface area contributed by atoms with Gasteiger partial charge in [0.05, 0.1) is 21.7 Å². The predicted octanol–water partition coefficient (Wildman–Crippen LogP) is 5.84. The van der Waals surface area contributed by atoms with Crippen LogP contribution in [-0.4, -0.2) is 33.4 Å². The molecule has 0 unspecified atom stereocenters. The van der Waals surface area contributed by atoms with E-state index in [0.717, 1.165) is 44.0 Å². The number of aromatic nitrogens is 3. The number of carbonyl (C=O) groups excluding carboxylic acids is 1. The summed E-state index contributed by atoms with van der Waals surface area (Å²) in [5, 5.41) is 6.92. The van der Waals surface area contributed by atoms with Crippen molar-refractivity contribution in [3.8, 4) is 0 Å². The van der Waals surface area contributed by atoms with E-state index in [4.69, 9.17) is 16.1 Å². The maximum absolute atomic E-state index is 14.6. The number of halogens is 5. The Morgan fingerprint density at radius 2 is 1.94 bits per heavy atom. The van der Waals surface area contributed by atoms with Crippen molar-refractivity contribution in [2.75, 3.05) is 0 Å². The molecule has 12 heteroatoms. The number of benzene rings is 1. The fourth-order valence-electron chi connectivity index (χ4n) is 4.29. The maximum Gasteiger partial charge on any atom is 0.416 e. The second kappa shape index (κ2) is 10.3. The number of hydrogen-bond acceptors (Lipinski definition) is 5. The van der Waals surface area contributed by atoms with Gasteiger partial charge >= 0.3 is 12.2 Å². The van der Waals surface area contributed by atoms with Crippen molar-refractivity contribution in [2.24, 2.45) is 4.99 Å². The molecule has 1 atom stereocenters. The zero-order valence-electron chi connectivity index (χ0n) is 19.1. The van der Waals surface area contributed by atoms with Crippen LogP contribution in [0.5, 0.6) is 0 Å². The fourth-order valence-corrected chi connectivity index (χ4v) is 4.40. The molecule has 0 aliphatic heterocycles. The Bertz CT molecular complexity index is 1260. The van der Waals surface area contributed by atoms with Crippen LogP contribution in [0.15, 0.2) is 46.0 Å². The fraction of sp³-hybridized carbons (Fsp3) is 0.375. The Hall–Kier alpha value is -3.34. The zero-order chi connectivity index (χ0) is 25.9. The summed E-state index contributed by atoms with van der Waals surface area (Å²) < 4.78 is 60.5. The van der Waals surface area contributed by atoms with Crippen LogP contribution < -0.4 is 5.32 Å². The van der Waals surface area contributed by atoms with Crippen LogP contribution in [0.2, 0.25) is 5.02 Å². The van der Waals surface area contributed by atoms with Crippen molar-refractivity contribution in [2.45, 2.75) is 56.7 Å². The summed E-state index contributed by atoms with van der Waals surface area (Å²) in [5.41, 5.74) is -2.87. The Kier molecular flexibility index (Phi) is 7.39. The molecule has 36 heavy (non-hydrogen) atoms. The molecule has 0 spiro atoms. The third-order valence-electron chi connectivity index (χ3n) is 6.02. The van der Waals surface area contributed by atoms with Crippen molar-refractivity contribution in [3.05, 3.63) is 75.9 Å². The molecule has 2 heterocycles. The van der Waals surface area contributed by atoms with Gasteiger partial charge in [-0.3, -0.25) is 4.98 Å². The number of carbonyl (C=O) groups is 1. The Morgan fingerprint density at radius 3 is 2.56 bits per heavy atom. The number of pyridine rings is 1. The van der Waals surface area contributed by atoms with E-state index in [2.05, 4.69) is 25.4 Å². The van der Waals surface area contributed by atoms with E-state index in [0.29, 0.717) is 6.07 Å². The van der Waals surface area contributed by atoms with E-state index in [1.165, 1.54) is 18.3 Å². The van der Waals surface area contributed by atoms with Gasteiger partial charge in [-0.1, -0.05) is 29.6 Å². The van der Waals surface area contributed by atoms with Crippen molar-refractivity contribution >= 4 is 23.8 Å². The largest absolute Gasteiger partial charge is 0.416 e. The van der Waals surface area contributed by atoms with Gasteiger partial charge in [-0.25, -0.2) is 14.2 Å². The highest BCUT2D eigenvalue weighted by Gasteiger charge is 2.40. The van der Waals surface area contributed by atoms with Crippen LogP contribution in [0.25, 0.3) is 0 Å². The number of hydrogen-bond donors (Lipinski definition) is 1. The number of aryl methyl sites for hydroxylation is 1. The predicted molar refractivity (Wildman–Crippen MR) is 123 cm³/mol. The van der Waals surface area contributed by atoms with E-state index in [1.807, 2.05) is 0 Å². The molecule has 1 aliphatic carbocycles. The second-order valence-electron chi connectivity index (χ2n) is 8.65. The maximum atomic E-state index is 14.6. The minimum atomic E-state index is -4.82. The first-order chi connectivity index (χ1) is 17.0. The van der Waals surface area contributed by atoms with Gasteiger partial charge < -0.3 is 9.84 Å². The molecule has 1 aliphatic rings. The second-order valence-corrected chi connectivity index (χ2v) is 9.09. The Morgan fingerprint density at radius 1 is 1.22 bits per heavy atom. The van der Waals surface area contributed by atoms with E-state index in [-0.39, 0.29) is 40.5 Å². The summed E-state index contributed by atoms with van der Waals surface area (Å²) in [6.45, 7) is 1.55. The molecule has 1 fully saturated rings. The summed E-state index contributed by atoms with van der Waals surface area (Å²) in [7, 11) is 0. The first kappa shape index (κ1) is 25.7. The number of urea groups is 1. The number of amides is 2. The highest BCUT2D eigenvalue weighted by molar-refractivity contribution is 6.30. The molecule has 0 saturated heterocycles. The number of nitrogens with zero attached hydrogens (tertiary/aromatic N) is 4. The molecule has 2 amide bonds. The van der Waals surface area contributed by atoms with Crippen LogP contribution in [-0.2, 0) is 18.0 Å². The molecule has 1 saturated carbocycles. The molecule has 2 aromatic heterocycles. The molecule has 1 N–H and O–H groups in total. The van der Waals surface area contributed by atoms with Crippen LogP contribution in [0.1, 0.15) is 54.2 Å². The number of rotatable bonds is 6. The van der Waals surface area contributed by atoms with Gasteiger partial charge in [0.25, 0.3) is 0 Å². The van der Waals surface area contributed by atoms with Crippen LogP contribution in [0.3, 0.4) is 0 Å². The molecule has 1 aromatic carbocycles. The number of alkyl halides is 3. The van der Waals surface area contributed by atoms with E-state index in [9.17, 15) is 22.4 Å². The van der Waals surface area contributed by atoms with E-state index >= 15 is 0 Å². The molecule has 7 nitrogen and oxygen atoms in total. The SMILES string of the molecule is Cc1nc(C[C@@](C=NC(=O)NC2CCCC2)(c2cc(F)cc(C(F)(F)F)c2)c2ccc(Cl)cn2)no1. The first-order valence-corrected chi connectivity index (χ1v) is 11.6. The topological polar surface area (TPSA) is 93.3 Å². The highest BCUT2D eigenvalue weighted by Crippen LogP contribution is 2.38. The Balaban J connectivity index is 1.89. The monoisotopic (exact) mass is 523 g/mol. The summed E-state index contributed by atoms with van der Waals surface area (Å²) in [4.78, 5) is 25.1. The van der Waals surface area contributed by atoms with Crippen LogP contribution in [0.4, 0.5) is 22.4 Å². The summed E-state index contributed by atoms with van der Waals surface area (Å²) in [6, 6.07) is 4.38.